The lowest BCUT2D eigenvalue weighted by Gasteiger charge is -2.50. The van der Waals surface area contributed by atoms with Gasteiger partial charge in [-0.3, -0.25) is 24.1 Å². The largest absolute Gasteiger partial charge is 0.508 e. The number of nitrogens with zero attached hydrogens (tertiary/aromatic N) is 2. The Morgan fingerprint density at radius 2 is 1.73 bits per heavy atom. The summed E-state index contributed by atoms with van der Waals surface area (Å²) in [6, 6.07) is 9.08. The molecule has 232 valence electrons. The summed E-state index contributed by atoms with van der Waals surface area (Å²) >= 11 is 0. The van der Waals surface area contributed by atoms with E-state index in [4.69, 9.17) is 10.5 Å². The number of para-hydroxylation sites is 1. The smallest absolute Gasteiger partial charge is 0.311 e. The molecule has 1 unspecified atom stereocenters. The number of anilines is 1. The van der Waals surface area contributed by atoms with E-state index < -0.39 is 64.0 Å². The highest BCUT2D eigenvalue weighted by molar-refractivity contribution is 6.24. The van der Waals surface area contributed by atoms with Crippen LogP contribution in [0, 0.1) is 11.8 Å². The molecule has 0 aromatic heterocycles. The van der Waals surface area contributed by atoms with Crippen molar-refractivity contribution in [3.8, 4) is 11.5 Å². The topological polar surface area (TPSA) is 191 Å². The van der Waals surface area contributed by atoms with Gasteiger partial charge in [0.05, 0.1) is 18.0 Å². The highest BCUT2D eigenvalue weighted by Crippen LogP contribution is 2.54. The van der Waals surface area contributed by atoms with E-state index in [1.54, 1.807) is 69.5 Å². The first-order valence-corrected chi connectivity index (χ1v) is 14.2. The molecule has 1 fully saturated rings. The first kappa shape index (κ1) is 30.8. The van der Waals surface area contributed by atoms with E-state index in [2.05, 4.69) is 0 Å². The van der Waals surface area contributed by atoms with E-state index in [9.17, 15) is 39.6 Å². The number of phenols is 1. The van der Waals surface area contributed by atoms with Crippen LogP contribution in [-0.4, -0.2) is 88.6 Å². The number of carbonyl (C=O) groups excluding carboxylic acids is 4. The SMILES string of the molecule is CN(C)c1cc(CCC(=O)Oc2ccccc2)c(O)c2c1C[C@H]1C[C@H]3C(N(C)C)C(=O)C(C(N)=O)=C(O)[C@@]3(O)C(=O)C1=C2O. The molecule has 1 amide bonds. The lowest BCUT2D eigenvalue weighted by Crippen LogP contribution is -2.65. The number of nitrogens with two attached hydrogens (primary N) is 1. The minimum Gasteiger partial charge on any atom is -0.508 e. The van der Waals surface area contributed by atoms with Crippen molar-refractivity contribution in [2.75, 3.05) is 33.1 Å². The minimum atomic E-state index is -2.72. The Morgan fingerprint density at radius 3 is 2.32 bits per heavy atom. The summed E-state index contributed by atoms with van der Waals surface area (Å²) in [6.45, 7) is 0. The first-order chi connectivity index (χ1) is 20.7. The molecule has 0 heterocycles. The zero-order valence-electron chi connectivity index (χ0n) is 24.8. The summed E-state index contributed by atoms with van der Waals surface area (Å²) in [6.07, 6.45) is 0.108. The molecule has 0 radical (unpaired) electrons. The van der Waals surface area contributed by atoms with Crippen LogP contribution < -0.4 is 15.4 Å². The van der Waals surface area contributed by atoms with Crippen LogP contribution in [0.5, 0.6) is 11.5 Å². The molecule has 0 spiro atoms. The van der Waals surface area contributed by atoms with Crippen molar-refractivity contribution in [1.82, 2.24) is 4.90 Å². The van der Waals surface area contributed by atoms with E-state index in [1.807, 2.05) is 0 Å². The Bertz CT molecular complexity index is 1640. The number of rotatable bonds is 7. The van der Waals surface area contributed by atoms with E-state index in [1.165, 1.54) is 4.90 Å². The molecule has 12 nitrogen and oxygen atoms in total. The summed E-state index contributed by atoms with van der Waals surface area (Å²) in [7, 11) is 6.65. The summed E-state index contributed by atoms with van der Waals surface area (Å²) in [4.78, 5) is 55.3. The number of ether oxygens (including phenoxy) is 1. The monoisotopic (exact) mass is 605 g/mol. The number of carbonyl (C=O) groups is 4. The van der Waals surface area contributed by atoms with Gasteiger partial charge in [0, 0.05) is 31.3 Å². The van der Waals surface area contributed by atoms with Gasteiger partial charge < -0.3 is 35.8 Å². The highest BCUT2D eigenvalue weighted by atomic mass is 16.5. The molecular weight excluding hydrogens is 570 g/mol. The van der Waals surface area contributed by atoms with E-state index in [0.717, 1.165) is 0 Å². The van der Waals surface area contributed by atoms with Gasteiger partial charge >= 0.3 is 5.97 Å². The van der Waals surface area contributed by atoms with Gasteiger partial charge in [-0.1, -0.05) is 18.2 Å². The standard InChI is InChI=1S/C32H35N3O9/c1-34(2)20-14-15(10-11-21(36)44-17-8-6-5-7-9-17)26(37)23-18(20)12-16-13-19-25(35(3)4)28(39)24(31(33)42)30(41)32(19,43)29(40)22(16)27(23)38/h5-9,14,16,19,25,37-38,41,43H,10-13H2,1-4H3,(H2,33,42)/t16-,19-,25?,32-/m0/s1. The predicted molar refractivity (Wildman–Crippen MR) is 159 cm³/mol. The van der Waals surface area contributed by atoms with Crippen molar-refractivity contribution >= 4 is 34.9 Å². The predicted octanol–water partition coefficient (Wildman–Crippen LogP) is 1.57. The number of aliphatic hydroxyl groups is 3. The second-order valence-electron chi connectivity index (χ2n) is 11.9. The zero-order chi connectivity index (χ0) is 32.2. The van der Waals surface area contributed by atoms with E-state index in [-0.39, 0.29) is 42.6 Å². The summed E-state index contributed by atoms with van der Waals surface area (Å²) in [5, 5.41) is 45.8. The van der Waals surface area contributed by atoms with Crippen LogP contribution in [0.2, 0.25) is 0 Å². The number of phenolic OH excluding ortho intramolecular Hbond substituents is 1. The molecule has 0 aliphatic heterocycles. The van der Waals surface area contributed by atoms with Crippen LogP contribution in [0.1, 0.15) is 29.5 Å². The Morgan fingerprint density at radius 1 is 1.07 bits per heavy atom. The van der Waals surface area contributed by atoms with Crippen LogP contribution >= 0.6 is 0 Å². The van der Waals surface area contributed by atoms with Gasteiger partial charge in [0.2, 0.25) is 5.78 Å². The van der Waals surface area contributed by atoms with Crippen LogP contribution in [0.4, 0.5) is 5.69 Å². The van der Waals surface area contributed by atoms with Gasteiger partial charge in [0.15, 0.2) is 11.4 Å². The van der Waals surface area contributed by atoms with E-state index in [0.29, 0.717) is 22.6 Å². The number of Topliss-reactive ketones (excluding diaryl/α,β-unsaturated/α-hetero) is 2. The normalized spacial score (nSPS) is 24.5. The Balaban J connectivity index is 1.59. The maximum absolute atomic E-state index is 14.1. The number of aryl methyl sites for hydroxylation is 1. The molecule has 0 saturated heterocycles. The van der Waals surface area contributed by atoms with Gasteiger partial charge in [0.25, 0.3) is 5.91 Å². The number of hydrogen-bond donors (Lipinski definition) is 5. The Labute approximate surface area is 253 Å². The number of fused-ring (bicyclic) bond motifs is 3. The molecule has 2 aromatic rings. The van der Waals surface area contributed by atoms with Crippen LogP contribution in [-0.2, 0) is 32.0 Å². The van der Waals surface area contributed by atoms with Gasteiger partial charge in [-0.25, -0.2) is 0 Å². The number of aromatic hydroxyl groups is 1. The number of hydrogen-bond acceptors (Lipinski definition) is 11. The summed E-state index contributed by atoms with van der Waals surface area (Å²) < 4.78 is 5.35. The van der Waals surface area contributed by atoms with Crippen LogP contribution in [0.15, 0.2) is 53.3 Å². The van der Waals surface area contributed by atoms with E-state index >= 15 is 0 Å². The lowest BCUT2D eigenvalue weighted by atomic mass is 9.57. The fourth-order valence-electron chi connectivity index (χ4n) is 6.84. The molecule has 6 N–H and O–H groups in total. The minimum absolute atomic E-state index is 0.00747. The van der Waals surface area contributed by atoms with Crippen LogP contribution in [0.25, 0.3) is 5.76 Å². The third-order valence-electron chi connectivity index (χ3n) is 8.83. The lowest BCUT2D eigenvalue weighted by molar-refractivity contribution is -0.153. The Kier molecular flexibility index (Phi) is 7.77. The maximum atomic E-state index is 14.1. The number of amides is 1. The Hall–Kier alpha value is -4.68. The number of likely N-dealkylation sites (N-methyl/N-ethyl adjacent to an activating group) is 1. The second-order valence-corrected chi connectivity index (χ2v) is 11.9. The quantitative estimate of drug-likeness (QED) is 0.175. The molecule has 3 aliphatic rings. The molecule has 44 heavy (non-hydrogen) atoms. The second kappa shape index (κ2) is 11.1. The number of ketones is 2. The van der Waals surface area contributed by atoms with Gasteiger partial charge in [-0.15, -0.1) is 0 Å². The van der Waals surface area contributed by atoms with Crippen molar-refractivity contribution in [2.45, 2.75) is 37.3 Å². The van der Waals surface area contributed by atoms with Crippen LogP contribution in [0.3, 0.4) is 0 Å². The fraction of sp³-hybridized carbons (Fsp3) is 0.375. The summed E-state index contributed by atoms with van der Waals surface area (Å²) in [5.41, 5.74) is 3.01. The number of esters is 1. The molecular formula is C32H35N3O9. The molecule has 0 bridgehead atoms. The van der Waals surface area contributed by atoms with Crippen molar-refractivity contribution in [3.05, 3.63) is 70.0 Å². The fourth-order valence-corrected chi connectivity index (χ4v) is 6.84. The third-order valence-corrected chi connectivity index (χ3v) is 8.83. The average molecular weight is 606 g/mol. The third kappa shape index (κ3) is 4.70. The summed E-state index contributed by atoms with van der Waals surface area (Å²) in [5.74, 6) is -7.27. The van der Waals surface area contributed by atoms with Crippen molar-refractivity contribution in [3.63, 3.8) is 0 Å². The molecule has 3 aliphatic carbocycles. The number of primary amides is 1. The average Bonchev–Trinajstić information content (AvgIpc) is 2.94. The maximum Gasteiger partial charge on any atom is 0.311 e. The zero-order valence-corrected chi connectivity index (χ0v) is 24.8. The molecule has 1 saturated carbocycles. The van der Waals surface area contributed by atoms with Gasteiger partial charge in [-0.05, 0) is 68.6 Å². The number of benzene rings is 2. The van der Waals surface area contributed by atoms with Crippen molar-refractivity contribution < 1.29 is 44.3 Å². The molecule has 2 aromatic carbocycles. The van der Waals surface area contributed by atoms with Gasteiger partial charge in [0.1, 0.15) is 28.6 Å². The highest BCUT2D eigenvalue weighted by Gasteiger charge is 2.64. The number of aliphatic hydroxyl groups excluding tert-OH is 2. The first-order valence-electron chi connectivity index (χ1n) is 14.2. The molecule has 4 atom stereocenters. The molecule has 5 rings (SSSR count). The van der Waals surface area contributed by atoms with Crippen molar-refractivity contribution in [2.24, 2.45) is 17.6 Å². The molecule has 12 heteroatoms. The van der Waals surface area contributed by atoms with Gasteiger partial charge in [-0.2, -0.15) is 0 Å². The van der Waals surface area contributed by atoms with Crippen molar-refractivity contribution in [1.29, 1.82) is 0 Å².